The van der Waals surface area contributed by atoms with Gasteiger partial charge in [0.1, 0.15) is 5.84 Å². The van der Waals surface area contributed by atoms with E-state index in [4.69, 9.17) is 0 Å². The molecule has 0 aromatic heterocycles. The maximum atomic E-state index is 12.8. The maximum Gasteiger partial charge on any atom is 0.327 e. The lowest BCUT2D eigenvalue weighted by Crippen LogP contribution is -2.40. The van der Waals surface area contributed by atoms with Crippen molar-refractivity contribution in [3.05, 3.63) is 72.3 Å². The van der Waals surface area contributed by atoms with Crippen LogP contribution in [0, 0.1) is 6.92 Å². The van der Waals surface area contributed by atoms with Gasteiger partial charge in [-0.3, -0.25) is 9.89 Å². The summed E-state index contributed by atoms with van der Waals surface area (Å²) in [6.07, 6.45) is 0. The van der Waals surface area contributed by atoms with Crippen LogP contribution in [0.2, 0.25) is 0 Å². The lowest BCUT2D eigenvalue weighted by atomic mass is 10.1. The van der Waals surface area contributed by atoms with Crippen molar-refractivity contribution in [1.82, 2.24) is 4.90 Å². The van der Waals surface area contributed by atoms with Gasteiger partial charge in [0.2, 0.25) is 0 Å². The number of fused-ring (bicyclic) bond motifs is 1. The Balaban J connectivity index is 1.45. The van der Waals surface area contributed by atoms with Gasteiger partial charge < -0.3 is 10.6 Å². The third-order valence-electron chi connectivity index (χ3n) is 4.67. The second-order valence-electron chi connectivity index (χ2n) is 6.63. The molecule has 3 aromatic carbocycles. The Kier molecular flexibility index (Phi) is 4.75. The van der Waals surface area contributed by atoms with E-state index in [1.807, 2.05) is 54.6 Å². The molecule has 3 aromatic rings. The summed E-state index contributed by atoms with van der Waals surface area (Å²) in [5.74, 6) is 0.759. The second-order valence-corrected chi connectivity index (χ2v) is 6.63. The lowest BCUT2D eigenvalue weighted by Gasteiger charge is -2.20. The van der Waals surface area contributed by atoms with Crippen molar-refractivity contribution in [3.63, 3.8) is 0 Å². The first kappa shape index (κ1) is 17.1. The Bertz CT molecular complexity index is 1010. The van der Waals surface area contributed by atoms with Crippen LogP contribution in [0.4, 0.5) is 16.2 Å². The van der Waals surface area contributed by atoms with Crippen molar-refractivity contribution < 1.29 is 4.79 Å². The summed E-state index contributed by atoms with van der Waals surface area (Å²) in [6, 6.07) is 22.0. The van der Waals surface area contributed by atoms with Gasteiger partial charge in [0, 0.05) is 17.6 Å². The first-order valence-electron chi connectivity index (χ1n) is 9.11. The molecule has 0 saturated heterocycles. The molecular weight excluding hydrogens is 336 g/mol. The number of rotatable bonds is 4. The zero-order valence-corrected chi connectivity index (χ0v) is 15.3. The van der Waals surface area contributed by atoms with Crippen LogP contribution >= 0.6 is 0 Å². The summed E-state index contributed by atoms with van der Waals surface area (Å²) in [7, 11) is 0. The molecule has 1 aliphatic rings. The molecule has 136 valence electrons. The molecule has 1 heterocycles. The molecule has 0 radical (unpaired) electrons. The smallest absolute Gasteiger partial charge is 0.327 e. The SMILES string of the molecule is Cc1cccc(NCC2=NCCN2C(=O)Nc2cccc3ccccc23)c1. The summed E-state index contributed by atoms with van der Waals surface area (Å²) in [5.41, 5.74) is 3.04. The van der Waals surface area contributed by atoms with Crippen molar-refractivity contribution in [2.75, 3.05) is 30.3 Å². The Morgan fingerprint density at radius 3 is 2.78 bits per heavy atom. The molecule has 5 heteroatoms. The largest absolute Gasteiger partial charge is 0.378 e. The highest BCUT2D eigenvalue weighted by molar-refractivity contribution is 6.08. The molecular formula is C22H22N4O. The van der Waals surface area contributed by atoms with Gasteiger partial charge in [-0.15, -0.1) is 0 Å². The third kappa shape index (κ3) is 3.77. The van der Waals surface area contributed by atoms with Crippen LogP contribution in [-0.4, -0.2) is 36.4 Å². The van der Waals surface area contributed by atoms with E-state index >= 15 is 0 Å². The predicted molar refractivity (Wildman–Crippen MR) is 112 cm³/mol. The Morgan fingerprint density at radius 1 is 1.07 bits per heavy atom. The van der Waals surface area contributed by atoms with E-state index in [2.05, 4.69) is 34.7 Å². The van der Waals surface area contributed by atoms with Crippen LogP contribution in [0.1, 0.15) is 5.56 Å². The standard InChI is InChI=1S/C22H22N4O/c1-16-6-4-9-18(14-16)24-15-21-23-12-13-26(21)22(27)25-20-11-5-8-17-7-2-3-10-19(17)20/h2-11,14,24H,12-13,15H2,1H3,(H,25,27). The number of carbonyl (C=O) groups excluding carboxylic acids is 1. The second kappa shape index (κ2) is 7.50. The normalized spacial score (nSPS) is 13.5. The molecule has 5 nitrogen and oxygen atoms in total. The predicted octanol–water partition coefficient (Wildman–Crippen LogP) is 4.51. The van der Waals surface area contributed by atoms with Crippen LogP contribution in [0.15, 0.2) is 71.7 Å². The van der Waals surface area contributed by atoms with E-state index in [1.54, 1.807) is 4.90 Å². The fraction of sp³-hybridized carbons (Fsp3) is 0.182. The maximum absolute atomic E-state index is 12.8. The topological polar surface area (TPSA) is 56.7 Å². The molecule has 0 atom stereocenters. The van der Waals surface area contributed by atoms with Crippen molar-refractivity contribution in [2.45, 2.75) is 6.92 Å². The van der Waals surface area contributed by atoms with E-state index in [1.165, 1.54) is 5.56 Å². The van der Waals surface area contributed by atoms with Gasteiger partial charge in [0.05, 0.1) is 18.8 Å². The number of aliphatic imine (C=N–C) groups is 1. The molecule has 1 aliphatic heterocycles. The number of hydrogen-bond donors (Lipinski definition) is 2. The van der Waals surface area contributed by atoms with Crippen LogP contribution in [-0.2, 0) is 0 Å². The Labute approximate surface area is 158 Å². The number of nitrogens with zero attached hydrogens (tertiary/aromatic N) is 2. The third-order valence-corrected chi connectivity index (χ3v) is 4.67. The van der Waals surface area contributed by atoms with Gasteiger partial charge in [-0.05, 0) is 36.1 Å². The summed E-state index contributed by atoms with van der Waals surface area (Å²) in [5, 5.41) is 8.53. The van der Waals surface area contributed by atoms with Gasteiger partial charge in [-0.2, -0.15) is 0 Å². The van der Waals surface area contributed by atoms with E-state index in [9.17, 15) is 4.79 Å². The number of aryl methyl sites for hydroxylation is 1. The quantitative estimate of drug-likeness (QED) is 0.721. The van der Waals surface area contributed by atoms with Crippen molar-refractivity contribution in [2.24, 2.45) is 4.99 Å². The number of urea groups is 1. The zero-order valence-electron chi connectivity index (χ0n) is 15.3. The summed E-state index contributed by atoms with van der Waals surface area (Å²) >= 11 is 0. The van der Waals surface area contributed by atoms with Gasteiger partial charge in [0.15, 0.2) is 0 Å². The number of nitrogens with one attached hydrogen (secondary N) is 2. The molecule has 2 N–H and O–H groups in total. The van der Waals surface area contributed by atoms with Crippen LogP contribution < -0.4 is 10.6 Å². The summed E-state index contributed by atoms with van der Waals surface area (Å²) in [6.45, 7) is 3.81. The van der Waals surface area contributed by atoms with Gasteiger partial charge in [-0.25, -0.2) is 4.79 Å². The number of hydrogen-bond acceptors (Lipinski definition) is 3. The van der Waals surface area contributed by atoms with Gasteiger partial charge >= 0.3 is 6.03 Å². The average molecular weight is 358 g/mol. The highest BCUT2D eigenvalue weighted by Gasteiger charge is 2.23. The van der Waals surface area contributed by atoms with Crippen LogP contribution in [0.5, 0.6) is 0 Å². The number of carbonyl (C=O) groups is 1. The minimum atomic E-state index is -0.145. The molecule has 4 rings (SSSR count). The average Bonchev–Trinajstić information content (AvgIpc) is 3.15. The zero-order chi connectivity index (χ0) is 18.6. The van der Waals surface area contributed by atoms with Crippen LogP contribution in [0.3, 0.4) is 0 Å². The van der Waals surface area contributed by atoms with E-state index in [0.29, 0.717) is 19.6 Å². The van der Waals surface area contributed by atoms with Crippen molar-refractivity contribution in [3.8, 4) is 0 Å². The summed E-state index contributed by atoms with van der Waals surface area (Å²) in [4.78, 5) is 19.1. The highest BCUT2D eigenvalue weighted by Crippen LogP contribution is 2.23. The first-order valence-corrected chi connectivity index (χ1v) is 9.11. The van der Waals surface area contributed by atoms with Gasteiger partial charge in [0.25, 0.3) is 0 Å². The minimum absolute atomic E-state index is 0.145. The molecule has 0 saturated carbocycles. The van der Waals surface area contributed by atoms with E-state index in [0.717, 1.165) is 28.0 Å². The molecule has 2 amide bonds. The number of amides is 2. The van der Waals surface area contributed by atoms with E-state index < -0.39 is 0 Å². The molecule has 0 bridgehead atoms. The molecule has 0 unspecified atom stereocenters. The highest BCUT2D eigenvalue weighted by atomic mass is 16.2. The van der Waals surface area contributed by atoms with Crippen LogP contribution in [0.25, 0.3) is 10.8 Å². The number of amidine groups is 1. The monoisotopic (exact) mass is 358 g/mol. The fourth-order valence-electron chi connectivity index (χ4n) is 3.32. The molecule has 27 heavy (non-hydrogen) atoms. The van der Waals surface area contributed by atoms with Gasteiger partial charge in [-0.1, -0.05) is 48.5 Å². The number of benzene rings is 3. The Morgan fingerprint density at radius 2 is 1.89 bits per heavy atom. The molecule has 0 spiro atoms. The molecule has 0 aliphatic carbocycles. The molecule has 0 fully saturated rings. The first-order chi connectivity index (χ1) is 13.2. The van der Waals surface area contributed by atoms with Crippen molar-refractivity contribution >= 4 is 34.0 Å². The summed E-state index contributed by atoms with van der Waals surface area (Å²) < 4.78 is 0. The lowest BCUT2D eigenvalue weighted by molar-refractivity contribution is 0.236. The number of anilines is 2. The minimum Gasteiger partial charge on any atom is -0.378 e. The van der Waals surface area contributed by atoms with E-state index in [-0.39, 0.29) is 6.03 Å². The van der Waals surface area contributed by atoms with Crippen molar-refractivity contribution in [1.29, 1.82) is 0 Å². The Hall–Kier alpha value is -3.34. The fourth-order valence-corrected chi connectivity index (χ4v) is 3.32.